The molecule has 0 radical (unpaired) electrons. The Hall–Kier alpha value is -3.40. The van der Waals surface area contributed by atoms with E-state index < -0.39 is 28.6 Å². The van der Waals surface area contributed by atoms with Gasteiger partial charge in [-0.3, -0.25) is 19.3 Å². The maximum absolute atomic E-state index is 16.6. The third kappa shape index (κ3) is 4.85. The highest BCUT2D eigenvalue weighted by Gasteiger charge is 2.73. The lowest BCUT2D eigenvalue weighted by molar-refractivity contribution is -0.141. The van der Waals surface area contributed by atoms with Crippen molar-refractivity contribution in [1.29, 1.82) is 0 Å². The largest absolute Gasteiger partial charge is 0.465 e. The molecule has 7 rings (SSSR count). The van der Waals surface area contributed by atoms with Crippen molar-refractivity contribution in [3.63, 3.8) is 0 Å². The van der Waals surface area contributed by atoms with E-state index in [-0.39, 0.29) is 35.4 Å². The van der Waals surface area contributed by atoms with Crippen molar-refractivity contribution in [3.8, 4) is 0 Å². The van der Waals surface area contributed by atoms with Crippen LogP contribution in [0.3, 0.4) is 0 Å². The molecule has 2 N–H and O–H groups in total. The second kappa shape index (κ2) is 11.7. The van der Waals surface area contributed by atoms with E-state index in [0.29, 0.717) is 60.5 Å². The maximum Gasteiger partial charge on any atom is 0.325 e. The molecule has 3 aliphatic heterocycles. The van der Waals surface area contributed by atoms with Crippen molar-refractivity contribution in [3.05, 3.63) is 76.1 Å². The van der Waals surface area contributed by atoms with E-state index in [1.165, 1.54) is 0 Å². The van der Waals surface area contributed by atoms with Crippen LogP contribution in [0, 0.1) is 23.2 Å². The Morgan fingerprint density at radius 2 is 1.89 bits per heavy atom. The van der Waals surface area contributed by atoms with E-state index in [1.807, 2.05) is 43.3 Å². The summed E-state index contributed by atoms with van der Waals surface area (Å²) < 4.78 is 21.6. The second-order valence-electron chi connectivity index (χ2n) is 13.2. The van der Waals surface area contributed by atoms with Gasteiger partial charge in [-0.1, -0.05) is 42.3 Å². The number of hydrogen-bond acceptors (Lipinski definition) is 6. The quantitative estimate of drug-likeness (QED) is 0.308. The van der Waals surface area contributed by atoms with Crippen molar-refractivity contribution in [2.24, 2.45) is 23.2 Å². The Bertz CT molecular complexity index is 1660. The predicted molar refractivity (Wildman–Crippen MR) is 176 cm³/mol. The first-order chi connectivity index (χ1) is 22.1. The smallest absolute Gasteiger partial charge is 0.325 e. The van der Waals surface area contributed by atoms with Gasteiger partial charge in [-0.15, -0.1) is 0 Å². The number of carbonyl (C=O) groups is 3. The van der Waals surface area contributed by atoms with Crippen LogP contribution < -0.4 is 15.5 Å². The molecule has 5 atom stereocenters. The lowest BCUT2D eigenvalue weighted by Gasteiger charge is -2.47. The lowest BCUT2D eigenvalue weighted by Crippen LogP contribution is -2.56. The number of benzene rings is 2. The van der Waals surface area contributed by atoms with E-state index in [1.54, 1.807) is 30.0 Å². The number of rotatable bonds is 8. The molecule has 2 saturated heterocycles. The number of allylic oxidation sites excluding steroid dienone is 4. The first-order valence-corrected chi connectivity index (χ1v) is 16.8. The van der Waals surface area contributed by atoms with E-state index in [0.717, 1.165) is 18.4 Å². The summed E-state index contributed by atoms with van der Waals surface area (Å²) in [6.07, 6.45) is 6.44. The van der Waals surface area contributed by atoms with Crippen molar-refractivity contribution >= 4 is 58.0 Å². The molecule has 8 nitrogen and oxygen atoms in total. The highest BCUT2D eigenvalue weighted by Crippen LogP contribution is 2.66. The van der Waals surface area contributed by atoms with Crippen LogP contribution in [0.2, 0.25) is 5.02 Å². The summed E-state index contributed by atoms with van der Waals surface area (Å²) in [5.41, 5.74) is 0.225. The second-order valence-corrected chi connectivity index (χ2v) is 14.1. The number of carbonyl (C=O) groups excluding carboxylic acids is 3. The van der Waals surface area contributed by atoms with Crippen LogP contribution in [0.1, 0.15) is 45.1 Å². The minimum absolute atomic E-state index is 0.00171. The molecule has 2 aliphatic carbocycles. The van der Waals surface area contributed by atoms with E-state index in [9.17, 15) is 14.4 Å². The summed E-state index contributed by atoms with van der Waals surface area (Å²) in [4.78, 5) is 45.3. The van der Waals surface area contributed by atoms with Crippen molar-refractivity contribution in [2.45, 2.75) is 51.1 Å². The first kappa shape index (κ1) is 31.2. The summed E-state index contributed by atoms with van der Waals surface area (Å²) in [6.45, 7) is 5.00. The molecule has 2 amide bonds. The van der Waals surface area contributed by atoms with Gasteiger partial charge in [-0.05, 0) is 81.0 Å². The molecule has 2 aromatic carbocycles. The van der Waals surface area contributed by atoms with Gasteiger partial charge in [-0.25, -0.2) is 4.39 Å². The molecule has 1 saturated carbocycles. The molecule has 242 valence electrons. The standard InChI is InChI=1S/C35H37Cl2FN4O4/c1-3-46-28(43)18-39-22-9-11-23(12-10-22)41-16-14-27-29(32(41)44)30(34(2)15-4-5-25(37)31(34)38)35(42(27)19-20-6-7-20)24-13-8-21(36)17-26(24)40-33(35)45/h4-5,8-13,17,20,27,29-30,39H,3,6-7,14-16,18-19H2,1-2H3,(H,40,45)/t27-,29+,30+,34?,35+/m0/s1. The number of ether oxygens (including phenoxy) is 1. The number of amides is 2. The summed E-state index contributed by atoms with van der Waals surface area (Å²) in [5.74, 6) is -2.27. The summed E-state index contributed by atoms with van der Waals surface area (Å²) in [6, 6.07) is 12.4. The lowest BCUT2D eigenvalue weighted by atomic mass is 9.58. The van der Waals surface area contributed by atoms with Crippen LogP contribution in [0.4, 0.5) is 21.5 Å². The number of nitrogens with zero attached hydrogens (tertiary/aromatic N) is 2. The molecule has 5 aliphatic rings. The van der Waals surface area contributed by atoms with Crippen LogP contribution in [0.15, 0.2) is 65.5 Å². The van der Waals surface area contributed by atoms with Gasteiger partial charge in [0.2, 0.25) is 11.8 Å². The van der Waals surface area contributed by atoms with Gasteiger partial charge in [0.15, 0.2) is 0 Å². The van der Waals surface area contributed by atoms with Gasteiger partial charge in [0.05, 0.1) is 17.6 Å². The van der Waals surface area contributed by atoms with Gasteiger partial charge < -0.3 is 20.3 Å². The van der Waals surface area contributed by atoms with Gasteiger partial charge in [0.25, 0.3) is 0 Å². The molecule has 11 heteroatoms. The Labute approximate surface area is 277 Å². The topological polar surface area (TPSA) is 91.0 Å². The number of hydrogen-bond donors (Lipinski definition) is 2. The number of piperidine rings is 1. The van der Waals surface area contributed by atoms with Crippen molar-refractivity contribution in [2.75, 3.05) is 41.8 Å². The highest BCUT2D eigenvalue weighted by atomic mass is 35.5. The molecule has 0 bridgehead atoms. The zero-order valence-electron chi connectivity index (χ0n) is 25.8. The number of nitrogens with one attached hydrogen (secondary N) is 2. The minimum atomic E-state index is -1.29. The van der Waals surface area contributed by atoms with Gasteiger partial charge >= 0.3 is 5.97 Å². The van der Waals surface area contributed by atoms with Crippen molar-refractivity contribution < 1.29 is 23.5 Å². The molecule has 0 aromatic heterocycles. The van der Waals surface area contributed by atoms with E-state index in [4.69, 9.17) is 27.9 Å². The fraction of sp³-hybridized carbons (Fsp3) is 0.457. The molecule has 1 spiro atoms. The summed E-state index contributed by atoms with van der Waals surface area (Å²) >= 11 is 12.9. The predicted octanol–water partition coefficient (Wildman–Crippen LogP) is 6.61. The maximum atomic E-state index is 16.6. The molecule has 3 heterocycles. The zero-order chi connectivity index (χ0) is 32.4. The highest BCUT2D eigenvalue weighted by molar-refractivity contribution is 6.31. The summed E-state index contributed by atoms with van der Waals surface area (Å²) in [7, 11) is 0. The molecular formula is C35H37Cl2FN4O4. The number of fused-ring (bicyclic) bond motifs is 3. The Morgan fingerprint density at radius 3 is 2.61 bits per heavy atom. The van der Waals surface area contributed by atoms with Crippen LogP contribution >= 0.6 is 23.2 Å². The van der Waals surface area contributed by atoms with E-state index >= 15 is 4.39 Å². The fourth-order valence-corrected chi connectivity index (χ4v) is 8.90. The third-order valence-electron chi connectivity index (χ3n) is 10.5. The van der Waals surface area contributed by atoms with Crippen LogP contribution in [0.25, 0.3) is 0 Å². The minimum Gasteiger partial charge on any atom is -0.465 e. The average molecular weight is 668 g/mol. The molecule has 3 fully saturated rings. The zero-order valence-corrected chi connectivity index (χ0v) is 27.3. The third-order valence-corrected chi connectivity index (χ3v) is 11.1. The number of anilines is 3. The Balaban J connectivity index is 1.32. The molecule has 46 heavy (non-hydrogen) atoms. The number of esters is 1. The average Bonchev–Trinajstić information content (AvgIpc) is 3.75. The van der Waals surface area contributed by atoms with Crippen LogP contribution in [-0.2, 0) is 24.7 Å². The fourth-order valence-electron chi connectivity index (χ4n) is 8.42. The summed E-state index contributed by atoms with van der Waals surface area (Å²) in [5, 5.41) is 6.63. The van der Waals surface area contributed by atoms with Gasteiger partial charge in [0.1, 0.15) is 17.9 Å². The molecule has 1 unspecified atom stereocenters. The van der Waals surface area contributed by atoms with Gasteiger partial charge in [0, 0.05) is 58.1 Å². The van der Waals surface area contributed by atoms with Crippen LogP contribution in [-0.4, -0.2) is 55.0 Å². The molecular weight excluding hydrogens is 630 g/mol. The Kier molecular flexibility index (Phi) is 7.93. The molecule has 2 aromatic rings. The van der Waals surface area contributed by atoms with Crippen LogP contribution in [0.5, 0.6) is 0 Å². The van der Waals surface area contributed by atoms with Crippen molar-refractivity contribution in [1.82, 2.24) is 4.90 Å². The van der Waals surface area contributed by atoms with E-state index in [2.05, 4.69) is 15.5 Å². The Morgan fingerprint density at radius 1 is 1.13 bits per heavy atom. The monoisotopic (exact) mass is 666 g/mol. The first-order valence-electron chi connectivity index (χ1n) is 16.0. The normalized spacial score (nSPS) is 30.5. The number of likely N-dealkylation sites (tertiary alicyclic amines) is 1. The number of halogens is 3. The van der Waals surface area contributed by atoms with Gasteiger partial charge in [-0.2, -0.15) is 0 Å². The SMILES string of the molecule is CCOC(=O)CNc1ccc(N2CC[C@H]3[C@@H](C2=O)[C@H](C2(C)CC=CC(Cl)=C2F)[C@]2(C(=O)Nc4cc(Cl)ccc42)N3CC2CC2)cc1.